The molecule has 1 aliphatic heterocycles. The number of para-hydroxylation sites is 1. The molecule has 0 saturated carbocycles. The second-order valence-corrected chi connectivity index (χ2v) is 7.88. The summed E-state index contributed by atoms with van der Waals surface area (Å²) in [5, 5.41) is 7.83. The lowest BCUT2D eigenvalue weighted by Crippen LogP contribution is -2.41. The predicted molar refractivity (Wildman–Crippen MR) is 113 cm³/mol. The van der Waals surface area contributed by atoms with Gasteiger partial charge in [0.15, 0.2) is 0 Å². The maximum atomic E-state index is 12.8. The minimum Gasteiger partial charge on any atom is -0.339 e. The van der Waals surface area contributed by atoms with Gasteiger partial charge in [-0.2, -0.15) is 4.98 Å². The number of carbonyl (C=O) groups excluding carboxylic acids is 1. The third-order valence-corrected chi connectivity index (χ3v) is 5.57. The Kier molecular flexibility index (Phi) is 5.53. The number of carbonyl (C=O) groups is 1. The second-order valence-electron chi connectivity index (χ2n) is 7.45. The van der Waals surface area contributed by atoms with E-state index in [0.717, 1.165) is 35.2 Å². The molecule has 3 aromatic rings. The van der Waals surface area contributed by atoms with E-state index in [1.807, 2.05) is 49.1 Å². The molecule has 1 atom stereocenters. The number of aryl methyl sites for hydroxylation is 2. The molecule has 6 nitrogen and oxygen atoms in total. The molecule has 2 aromatic carbocycles. The Morgan fingerprint density at radius 2 is 1.90 bits per heavy atom. The third-order valence-electron chi connectivity index (χ3n) is 5.32. The van der Waals surface area contributed by atoms with Crippen molar-refractivity contribution >= 4 is 23.3 Å². The molecule has 150 valence electrons. The van der Waals surface area contributed by atoms with Crippen LogP contribution < -0.4 is 5.32 Å². The Morgan fingerprint density at radius 1 is 1.17 bits per heavy atom. The number of aromatic nitrogens is 2. The minimum atomic E-state index is -0.0930. The van der Waals surface area contributed by atoms with Gasteiger partial charge in [0, 0.05) is 29.4 Å². The van der Waals surface area contributed by atoms with Gasteiger partial charge in [0.1, 0.15) is 0 Å². The molecule has 0 aliphatic carbocycles. The quantitative estimate of drug-likeness (QED) is 0.625. The molecule has 0 unspecified atom stereocenters. The van der Waals surface area contributed by atoms with Gasteiger partial charge in [-0.25, -0.2) is 4.79 Å². The summed E-state index contributed by atoms with van der Waals surface area (Å²) in [4.78, 5) is 19.2. The highest BCUT2D eigenvalue weighted by Crippen LogP contribution is 2.29. The number of nitrogens with one attached hydrogen (secondary N) is 1. The number of likely N-dealkylation sites (tertiary alicyclic amines) is 1. The number of amides is 2. The Balaban J connectivity index is 1.46. The summed E-state index contributed by atoms with van der Waals surface area (Å²) in [6, 6.07) is 13.2. The van der Waals surface area contributed by atoms with Crippen LogP contribution in [0.25, 0.3) is 11.4 Å². The molecule has 1 fully saturated rings. The Morgan fingerprint density at radius 3 is 2.62 bits per heavy atom. The smallest absolute Gasteiger partial charge is 0.321 e. The summed E-state index contributed by atoms with van der Waals surface area (Å²) in [5.41, 5.74) is 3.83. The largest absolute Gasteiger partial charge is 0.339 e. The van der Waals surface area contributed by atoms with Crippen LogP contribution in [0, 0.1) is 13.8 Å². The lowest BCUT2D eigenvalue weighted by molar-refractivity contribution is 0.184. The van der Waals surface area contributed by atoms with Crippen LogP contribution in [0.4, 0.5) is 10.5 Å². The van der Waals surface area contributed by atoms with Crippen LogP contribution >= 0.6 is 11.6 Å². The molecule has 0 spiro atoms. The van der Waals surface area contributed by atoms with E-state index in [2.05, 4.69) is 15.5 Å². The topological polar surface area (TPSA) is 71.3 Å². The molecule has 1 saturated heterocycles. The fourth-order valence-electron chi connectivity index (χ4n) is 3.68. The van der Waals surface area contributed by atoms with Crippen molar-refractivity contribution in [2.75, 3.05) is 18.4 Å². The lowest BCUT2D eigenvalue weighted by Gasteiger charge is -2.31. The molecule has 2 amide bonds. The molecule has 2 heterocycles. The van der Waals surface area contributed by atoms with Crippen LogP contribution in [0.5, 0.6) is 0 Å². The van der Waals surface area contributed by atoms with Crippen LogP contribution in [0.3, 0.4) is 0 Å². The van der Waals surface area contributed by atoms with E-state index >= 15 is 0 Å². The minimum absolute atomic E-state index is 0.0287. The van der Waals surface area contributed by atoms with Gasteiger partial charge in [-0.1, -0.05) is 35.0 Å². The van der Waals surface area contributed by atoms with E-state index in [1.54, 1.807) is 12.1 Å². The first-order valence-corrected chi connectivity index (χ1v) is 10.1. The van der Waals surface area contributed by atoms with E-state index in [9.17, 15) is 4.79 Å². The zero-order chi connectivity index (χ0) is 20.4. The van der Waals surface area contributed by atoms with Crippen LogP contribution in [-0.4, -0.2) is 34.2 Å². The average Bonchev–Trinajstić information content (AvgIpc) is 3.22. The highest BCUT2D eigenvalue weighted by atomic mass is 35.5. The van der Waals surface area contributed by atoms with Gasteiger partial charge in [-0.15, -0.1) is 0 Å². The normalized spacial score (nSPS) is 16.7. The van der Waals surface area contributed by atoms with E-state index < -0.39 is 0 Å². The monoisotopic (exact) mass is 410 g/mol. The van der Waals surface area contributed by atoms with Crippen molar-refractivity contribution < 1.29 is 9.32 Å². The van der Waals surface area contributed by atoms with Crippen LogP contribution in [0.15, 0.2) is 47.0 Å². The van der Waals surface area contributed by atoms with Gasteiger partial charge in [0.2, 0.25) is 11.7 Å². The summed E-state index contributed by atoms with van der Waals surface area (Å²) in [6.07, 6.45) is 1.80. The number of hydrogen-bond acceptors (Lipinski definition) is 4. The van der Waals surface area contributed by atoms with E-state index in [0.29, 0.717) is 29.8 Å². The maximum Gasteiger partial charge on any atom is 0.321 e. The number of hydrogen-bond donors (Lipinski definition) is 1. The zero-order valence-electron chi connectivity index (χ0n) is 16.5. The van der Waals surface area contributed by atoms with Crippen molar-refractivity contribution in [3.05, 3.63) is 64.5 Å². The molecular weight excluding hydrogens is 388 g/mol. The summed E-state index contributed by atoms with van der Waals surface area (Å²) < 4.78 is 5.52. The predicted octanol–water partition coefficient (Wildman–Crippen LogP) is 5.42. The second kappa shape index (κ2) is 8.25. The zero-order valence-corrected chi connectivity index (χ0v) is 17.2. The first kappa shape index (κ1) is 19.5. The number of piperidine rings is 1. The van der Waals surface area contributed by atoms with E-state index in [4.69, 9.17) is 16.1 Å². The van der Waals surface area contributed by atoms with Gasteiger partial charge >= 0.3 is 6.03 Å². The van der Waals surface area contributed by atoms with Crippen molar-refractivity contribution in [2.45, 2.75) is 32.6 Å². The maximum absolute atomic E-state index is 12.8. The van der Waals surface area contributed by atoms with Crippen molar-refractivity contribution in [2.24, 2.45) is 0 Å². The molecule has 29 heavy (non-hydrogen) atoms. The summed E-state index contributed by atoms with van der Waals surface area (Å²) in [6.45, 7) is 5.27. The number of halogens is 1. The van der Waals surface area contributed by atoms with Gasteiger partial charge in [0.05, 0.1) is 5.92 Å². The summed E-state index contributed by atoms with van der Waals surface area (Å²) in [7, 11) is 0. The van der Waals surface area contributed by atoms with Gasteiger partial charge < -0.3 is 14.7 Å². The summed E-state index contributed by atoms with van der Waals surface area (Å²) in [5.74, 6) is 1.13. The standard InChI is InChI=1S/C22H23ClN4O2/c1-14-5-3-6-15(2)19(14)24-22(28)27-12-4-7-17(13-27)21-25-20(26-29-21)16-8-10-18(23)11-9-16/h3,5-6,8-11,17H,4,7,12-13H2,1-2H3,(H,24,28)/t17-/m1/s1. The van der Waals surface area contributed by atoms with Gasteiger partial charge in [-0.3, -0.25) is 0 Å². The first-order valence-electron chi connectivity index (χ1n) is 9.73. The molecule has 1 aromatic heterocycles. The number of nitrogens with zero attached hydrogens (tertiary/aromatic N) is 3. The highest BCUT2D eigenvalue weighted by Gasteiger charge is 2.29. The van der Waals surface area contributed by atoms with Gasteiger partial charge in [0.25, 0.3) is 0 Å². The Labute approximate surface area is 174 Å². The fraction of sp³-hybridized carbons (Fsp3) is 0.318. The highest BCUT2D eigenvalue weighted by molar-refractivity contribution is 6.30. The van der Waals surface area contributed by atoms with E-state index in [-0.39, 0.29) is 11.9 Å². The van der Waals surface area contributed by atoms with E-state index in [1.165, 1.54) is 0 Å². The van der Waals surface area contributed by atoms with Crippen LogP contribution in [0.2, 0.25) is 5.02 Å². The van der Waals surface area contributed by atoms with Crippen molar-refractivity contribution in [3.63, 3.8) is 0 Å². The number of urea groups is 1. The Bertz CT molecular complexity index is 996. The summed E-state index contributed by atoms with van der Waals surface area (Å²) >= 11 is 5.94. The molecule has 0 bridgehead atoms. The molecule has 7 heteroatoms. The van der Waals surface area contributed by atoms with Crippen molar-refractivity contribution in [1.29, 1.82) is 0 Å². The SMILES string of the molecule is Cc1cccc(C)c1NC(=O)N1CCC[C@@H](c2nc(-c3ccc(Cl)cc3)no2)C1. The molecular formula is C22H23ClN4O2. The average molecular weight is 411 g/mol. The molecule has 1 N–H and O–H groups in total. The van der Waals surface area contributed by atoms with Crippen molar-refractivity contribution in [1.82, 2.24) is 15.0 Å². The number of anilines is 1. The fourth-order valence-corrected chi connectivity index (χ4v) is 3.80. The molecule has 1 aliphatic rings. The van der Waals surface area contributed by atoms with Crippen LogP contribution in [-0.2, 0) is 0 Å². The third kappa shape index (κ3) is 4.27. The Hall–Kier alpha value is -2.86. The van der Waals surface area contributed by atoms with Crippen molar-refractivity contribution in [3.8, 4) is 11.4 Å². The lowest BCUT2D eigenvalue weighted by atomic mass is 9.98. The first-order chi connectivity index (χ1) is 14.0. The van der Waals surface area contributed by atoms with Gasteiger partial charge in [-0.05, 0) is 62.1 Å². The number of rotatable bonds is 3. The van der Waals surface area contributed by atoms with Crippen LogP contribution in [0.1, 0.15) is 35.8 Å². The molecule has 4 rings (SSSR count). The molecule has 0 radical (unpaired) electrons. The number of benzene rings is 2.